The van der Waals surface area contributed by atoms with E-state index in [2.05, 4.69) is 25.5 Å². The van der Waals surface area contributed by atoms with Crippen molar-refractivity contribution in [1.29, 1.82) is 0 Å². The molecule has 0 rings (SSSR count). The van der Waals surface area contributed by atoms with Crippen LogP contribution >= 0.6 is 25.5 Å². The Labute approximate surface area is 61.8 Å². The molecule has 0 radical (unpaired) electrons. The van der Waals surface area contributed by atoms with Crippen molar-refractivity contribution in [2.24, 2.45) is 0 Å². The van der Waals surface area contributed by atoms with E-state index in [1.807, 2.05) is 13.8 Å². The van der Waals surface area contributed by atoms with E-state index in [-0.39, 0.29) is 4.93 Å². The van der Waals surface area contributed by atoms with E-state index in [4.69, 9.17) is 4.18 Å². The first kappa shape index (κ1) is 8.66. The Bertz CT molecular complexity index is 53.2. The standard InChI is InChI=1S/C5H12OS2/c1-3-5(7,4-2)6-8/h7-8H,3-4H2,1-2H3. The largest absolute Gasteiger partial charge is 0.302 e. The van der Waals surface area contributed by atoms with Crippen molar-refractivity contribution in [3.05, 3.63) is 0 Å². The molecule has 50 valence electrons. The third-order valence-electron chi connectivity index (χ3n) is 1.27. The van der Waals surface area contributed by atoms with Crippen LogP contribution in [0.25, 0.3) is 0 Å². The molecule has 0 aromatic rings. The lowest BCUT2D eigenvalue weighted by atomic mass is 10.2. The average molecular weight is 152 g/mol. The van der Waals surface area contributed by atoms with Gasteiger partial charge in [0.25, 0.3) is 0 Å². The molecule has 0 spiro atoms. The Morgan fingerprint density at radius 3 is 1.75 bits per heavy atom. The fraction of sp³-hybridized carbons (Fsp3) is 1.00. The number of thiol groups is 2. The van der Waals surface area contributed by atoms with Crippen LogP contribution < -0.4 is 0 Å². The third kappa shape index (κ3) is 2.29. The van der Waals surface area contributed by atoms with Gasteiger partial charge in [-0.05, 0) is 25.8 Å². The van der Waals surface area contributed by atoms with Crippen LogP contribution in [0.4, 0.5) is 0 Å². The van der Waals surface area contributed by atoms with Crippen molar-refractivity contribution in [2.75, 3.05) is 0 Å². The van der Waals surface area contributed by atoms with Gasteiger partial charge in [-0.2, -0.15) is 0 Å². The summed E-state index contributed by atoms with van der Waals surface area (Å²) in [4.78, 5) is -0.316. The minimum atomic E-state index is -0.316. The van der Waals surface area contributed by atoms with Crippen molar-refractivity contribution in [3.63, 3.8) is 0 Å². The second kappa shape index (κ2) is 3.64. The molecule has 8 heavy (non-hydrogen) atoms. The second-order valence-electron chi connectivity index (χ2n) is 1.74. The fourth-order valence-electron chi connectivity index (χ4n) is 0.379. The Kier molecular flexibility index (Phi) is 3.94. The average Bonchev–Trinajstić information content (AvgIpc) is 1.87. The van der Waals surface area contributed by atoms with Gasteiger partial charge in [-0.25, -0.2) is 0 Å². The molecule has 0 unspecified atom stereocenters. The summed E-state index contributed by atoms with van der Waals surface area (Å²) in [6, 6.07) is 0. The van der Waals surface area contributed by atoms with Crippen LogP contribution in [0.1, 0.15) is 26.7 Å². The highest BCUT2D eigenvalue weighted by Gasteiger charge is 2.19. The quantitative estimate of drug-likeness (QED) is 0.358. The van der Waals surface area contributed by atoms with Gasteiger partial charge in [0.15, 0.2) is 0 Å². The van der Waals surface area contributed by atoms with Crippen LogP contribution in [-0.4, -0.2) is 4.93 Å². The summed E-state index contributed by atoms with van der Waals surface area (Å²) in [6.07, 6.45) is 1.77. The van der Waals surface area contributed by atoms with Gasteiger partial charge < -0.3 is 4.18 Å². The summed E-state index contributed by atoms with van der Waals surface area (Å²) in [5.41, 5.74) is 0. The summed E-state index contributed by atoms with van der Waals surface area (Å²) in [6.45, 7) is 4.04. The smallest absolute Gasteiger partial charge is 0.124 e. The van der Waals surface area contributed by atoms with E-state index >= 15 is 0 Å². The van der Waals surface area contributed by atoms with Gasteiger partial charge in [-0.3, -0.25) is 0 Å². The van der Waals surface area contributed by atoms with Crippen LogP contribution in [0, 0.1) is 0 Å². The van der Waals surface area contributed by atoms with E-state index < -0.39 is 0 Å². The van der Waals surface area contributed by atoms with Gasteiger partial charge in [0, 0.05) is 0 Å². The molecule has 0 aliphatic heterocycles. The van der Waals surface area contributed by atoms with Crippen LogP contribution in [0.3, 0.4) is 0 Å². The Morgan fingerprint density at radius 2 is 1.75 bits per heavy atom. The first-order chi connectivity index (χ1) is 3.68. The molecular weight excluding hydrogens is 140 g/mol. The molecule has 0 amide bonds. The number of hydrogen-bond acceptors (Lipinski definition) is 3. The molecule has 0 aromatic carbocycles. The SMILES string of the molecule is CCC(S)(CC)OS. The molecule has 0 fully saturated rings. The van der Waals surface area contributed by atoms with Crippen molar-refractivity contribution in [3.8, 4) is 0 Å². The molecule has 0 saturated carbocycles. The molecule has 0 aliphatic carbocycles. The zero-order chi connectivity index (χ0) is 6.62. The molecule has 1 nitrogen and oxygen atoms in total. The molecule has 0 bridgehead atoms. The lowest BCUT2D eigenvalue weighted by Crippen LogP contribution is -2.18. The molecule has 0 atom stereocenters. The molecule has 0 heterocycles. The second-order valence-corrected chi connectivity index (χ2v) is 2.74. The van der Waals surface area contributed by atoms with E-state index in [9.17, 15) is 0 Å². The predicted molar refractivity (Wildman–Crippen MR) is 42.4 cm³/mol. The molecule has 0 aliphatic rings. The first-order valence-electron chi connectivity index (χ1n) is 2.73. The molecular formula is C5H12OS2. The van der Waals surface area contributed by atoms with Crippen LogP contribution in [0.5, 0.6) is 0 Å². The lowest BCUT2D eigenvalue weighted by molar-refractivity contribution is 0.199. The fourth-order valence-corrected chi connectivity index (χ4v) is 0.637. The minimum absolute atomic E-state index is 0.316. The van der Waals surface area contributed by atoms with Crippen LogP contribution in [0.2, 0.25) is 0 Å². The predicted octanol–water partition coefficient (Wildman–Crippen LogP) is 2.29. The zero-order valence-corrected chi connectivity index (χ0v) is 7.01. The Balaban J connectivity index is 3.58. The van der Waals surface area contributed by atoms with Crippen molar-refractivity contribution in [2.45, 2.75) is 31.6 Å². The van der Waals surface area contributed by atoms with Gasteiger partial charge in [-0.15, -0.1) is 12.6 Å². The van der Waals surface area contributed by atoms with Crippen molar-refractivity contribution >= 4 is 25.5 Å². The summed E-state index contributed by atoms with van der Waals surface area (Å²) in [7, 11) is 0. The summed E-state index contributed by atoms with van der Waals surface area (Å²) >= 11 is 7.90. The minimum Gasteiger partial charge on any atom is -0.302 e. The van der Waals surface area contributed by atoms with Gasteiger partial charge in [0.05, 0.1) is 0 Å². The number of hydrogen-bond donors (Lipinski definition) is 2. The van der Waals surface area contributed by atoms with Crippen molar-refractivity contribution < 1.29 is 4.18 Å². The van der Waals surface area contributed by atoms with E-state index in [1.165, 1.54) is 0 Å². The summed E-state index contributed by atoms with van der Waals surface area (Å²) in [5, 5.41) is 0. The normalized spacial score (nSPS) is 12.0. The lowest BCUT2D eigenvalue weighted by Gasteiger charge is -2.21. The zero-order valence-electron chi connectivity index (χ0n) is 5.22. The van der Waals surface area contributed by atoms with Gasteiger partial charge in [0.1, 0.15) is 4.93 Å². The Hall–Kier alpha value is 0.660. The third-order valence-corrected chi connectivity index (χ3v) is 2.49. The van der Waals surface area contributed by atoms with Gasteiger partial charge >= 0.3 is 0 Å². The maximum Gasteiger partial charge on any atom is 0.124 e. The highest BCUT2D eigenvalue weighted by molar-refractivity contribution is 7.83. The van der Waals surface area contributed by atoms with Gasteiger partial charge in [0.2, 0.25) is 0 Å². The monoisotopic (exact) mass is 152 g/mol. The molecule has 0 aromatic heterocycles. The molecule has 0 saturated heterocycles. The van der Waals surface area contributed by atoms with Crippen LogP contribution in [0.15, 0.2) is 0 Å². The van der Waals surface area contributed by atoms with E-state index in [0.717, 1.165) is 12.8 Å². The first-order valence-corrected chi connectivity index (χ1v) is 3.54. The van der Waals surface area contributed by atoms with Crippen molar-refractivity contribution in [1.82, 2.24) is 0 Å². The number of rotatable bonds is 3. The highest BCUT2D eigenvalue weighted by Crippen LogP contribution is 2.25. The molecule has 0 N–H and O–H groups in total. The maximum absolute atomic E-state index is 4.79. The van der Waals surface area contributed by atoms with Crippen LogP contribution in [-0.2, 0) is 4.18 Å². The molecule has 3 heteroatoms. The highest BCUT2D eigenvalue weighted by atomic mass is 32.1. The summed E-state index contributed by atoms with van der Waals surface area (Å²) < 4.78 is 4.79. The Morgan fingerprint density at radius 1 is 1.38 bits per heavy atom. The maximum atomic E-state index is 4.79. The van der Waals surface area contributed by atoms with Gasteiger partial charge in [-0.1, -0.05) is 13.8 Å². The topological polar surface area (TPSA) is 9.23 Å². The van der Waals surface area contributed by atoms with E-state index in [0.29, 0.717) is 0 Å². The summed E-state index contributed by atoms with van der Waals surface area (Å²) in [5.74, 6) is 0. The van der Waals surface area contributed by atoms with E-state index in [1.54, 1.807) is 0 Å².